The second-order valence-electron chi connectivity index (χ2n) is 4.80. The number of carbonyl (C=O) groups is 1. The minimum absolute atomic E-state index is 0.280. The fraction of sp³-hybridized carbons (Fsp3) is 0.462. The van der Waals surface area contributed by atoms with Gasteiger partial charge in [0.1, 0.15) is 5.75 Å². The Labute approximate surface area is 125 Å². The van der Waals surface area contributed by atoms with Gasteiger partial charge in [-0.15, -0.1) is 0 Å². The van der Waals surface area contributed by atoms with E-state index in [-0.39, 0.29) is 6.54 Å². The van der Waals surface area contributed by atoms with Gasteiger partial charge in [0.05, 0.1) is 19.3 Å². The van der Waals surface area contributed by atoms with Crippen LogP contribution in [0.15, 0.2) is 18.2 Å². The first-order valence-electron chi connectivity index (χ1n) is 6.26. The minimum atomic E-state index is -3.61. The highest BCUT2D eigenvalue weighted by Gasteiger charge is 2.23. The van der Waals surface area contributed by atoms with Crippen LogP contribution in [0.25, 0.3) is 0 Å². The predicted octanol–water partition coefficient (Wildman–Crippen LogP) is 0.680. The van der Waals surface area contributed by atoms with Gasteiger partial charge in [0.25, 0.3) is 10.2 Å². The maximum Gasteiger partial charge on any atom is 0.281 e. The fourth-order valence-electron chi connectivity index (χ4n) is 1.67. The molecule has 0 heterocycles. The number of benzene rings is 1. The van der Waals surface area contributed by atoms with Crippen molar-refractivity contribution in [1.82, 2.24) is 8.61 Å². The summed E-state index contributed by atoms with van der Waals surface area (Å²) in [5.41, 5.74) is 1.47. The normalized spacial score (nSPS) is 11.8. The molecule has 0 saturated carbocycles. The van der Waals surface area contributed by atoms with Crippen molar-refractivity contribution in [2.24, 2.45) is 0 Å². The standard InChI is InChI=1S/C13H21N3O4S/c1-10-6-7-12(20-5)11(8-10)14-13(17)9-16(4)21(18,19)15(2)3/h6-8H,9H2,1-5H3,(H,14,17). The number of ether oxygens (including phenoxy) is 1. The Balaban J connectivity index is 2.81. The Hall–Kier alpha value is -1.64. The fourth-order valence-corrected chi connectivity index (χ4v) is 2.51. The van der Waals surface area contributed by atoms with E-state index in [0.717, 1.165) is 14.2 Å². The number of hydrogen-bond donors (Lipinski definition) is 1. The van der Waals surface area contributed by atoms with Gasteiger partial charge in [0.15, 0.2) is 0 Å². The zero-order chi connectivity index (χ0) is 16.2. The average molecular weight is 315 g/mol. The van der Waals surface area contributed by atoms with Crippen LogP contribution >= 0.6 is 0 Å². The number of rotatable bonds is 6. The molecule has 0 aliphatic heterocycles. The van der Waals surface area contributed by atoms with Gasteiger partial charge in [-0.05, 0) is 24.6 Å². The molecule has 1 aromatic carbocycles. The highest BCUT2D eigenvalue weighted by molar-refractivity contribution is 7.86. The number of hydrogen-bond acceptors (Lipinski definition) is 4. The van der Waals surface area contributed by atoms with Crippen molar-refractivity contribution in [3.05, 3.63) is 23.8 Å². The lowest BCUT2D eigenvalue weighted by molar-refractivity contribution is -0.116. The lowest BCUT2D eigenvalue weighted by Gasteiger charge is -2.21. The summed E-state index contributed by atoms with van der Waals surface area (Å²) >= 11 is 0. The van der Waals surface area contributed by atoms with Gasteiger partial charge in [-0.25, -0.2) is 0 Å². The van der Waals surface area contributed by atoms with Crippen molar-refractivity contribution >= 4 is 21.8 Å². The molecule has 7 nitrogen and oxygen atoms in total. The molecule has 0 atom stereocenters. The second-order valence-corrected chi connectivity index (χ2v) is 7.05. The maximum absolute atomic E-state index is 12.0. The van der Waals surface area contributed by atoms with Crippen LogP contribution in [0.1, 0.15) is 5.56 Å². The molecule has 0 fully saturated rings. The highest BCUT2D eigenvalue weighted by atomic mass is 32.2. The summed E-state index contributed by atoms with van der Waals surface area (Å²) < 4.78 is 30.9. The molecule has 8 heteroatoms. The smallest absolute Gasteiger partial charge is 0.281 e. The third-order valence-electron chi connectivity index (χ3n) is 2.85. The molecule has 0 bridgehead atoms. The van der Waals surface area contributed by atoms with Crippen molar-refractivity contribution in [1.29, 1.82) is 0 Å². The van der Waals surface area contributed by atoms with Crippen molar-refractivity contribution in [2.75, 3.05) is 40.1 Å². The lowest BCUT2D eigenvalue weighted by Crippen LogP contribution is -2.41. The van der Waals surface area contributed by atoms with E-state index in [0.29, 0.717) is 11.4 Å². The van der Waals surface area contributed by atoms with E-state index in [9.17, 15) is 13.2 Å². The van der Waals surface area contributed by atoms with E-state index in [4.69, 9.17) is 4.74 Å². The first-order valence-corrected chi connectivity index (χ1v) is 7.66. The molecule has 0 radical (unpaired) electrons. The van der Waals surface area contributed by atoms with Crippen molar-refractivity contribution in [3.8, 4) is 5.75 Å². The summed E-state index contributed by atoms with van der Waals surface area (Å²) in [6.45, 7) is 1.61. The van der Waals surface area contributed by atoms with E-state index in [1.165, 1.54) is 28.3 Å². The van der Waals surface area contributed by atoms with Crippen LogP contribution in [0, 0.1) is 6.92 Å². The highest BCUT2D eigenvalue weighted by Crippen LogP contribution is 2.25. The quantitative estimate of drug-likeness (QED) is 0.837. The van der Waals surface area contributed by atoms with Gasteiger partial charge in [-0.3, -0.25) is 4.79 Å². The summed E-state index contributed by atoms with van der Waals surface area (Å²) in [6.07, 6.45) is 0. The number of likely N-dealkylation sites (N-methyl/N-ethyl adjacent to an activating group) is 1. The molecule has 1 amide bonds. The Bertz CT molecular complexity index is 614. The predicted molar refractivity (Wildman–Crippen MR) is 81.6 cm³/mol. The van der Waals surface area contributed by atoms with Gasteiger partial charge in [0.2, 0.25) is 5.91 Å². The van der Waals surface area contributed by atoms with E-state index < -0.39 is 16.1 Å². The monoisotopic (exact) mass is 315 g/mol. The van der Waals surface area contributed by atoms with E-state index >= 15 is 0 Å². The Morgan fingerprint density at radius 2 is 1.90 bits per heavy atom. The Kier molecular flexibility index (Phi) is 5.70. The topological polar surface area (TPSA) is 79.0 Å². The zero-order valence-corrected chi connectivity index (χ0v) is 13.7. The number of methoxy groups -OCH3 is 1. The molecule has 0 aliphatic rings. The molecule has 1 aromatic rings. The molecule has 21 heavy (non-hydrogen) atoms. The number of nitrogens with zero attached hydrogens (tertiary/aromatic N) is 2. The first-order chi connectivity index (χ1) is 9.68. The molecule has 0 saturated heterocycles. The summed E-state index contributed by atoms with van der Waals surface area (Å²) in [6, 6.07) is 5.36. The Morgan fingerprint density at radius 1 is 1.29 bits per heavy atom. The molecule has 0 spiro atoms. The minimum Gasteiger partial charge on any atom is -0.495 e. The largest absolute Gasteiger partial charge is 0.495 e. The number of anilines is 1. The summed E-state index contributed by atoms with van der Waals surface area (Å²) in [5.74, 6) is 0.0823. The molecule has 0 aromatic heterocycles. The van der Waals surface area contributed by atoms with Gasteiger partial charge in [0, 0.05) is 21.1 Å². The van der Waals surface area contributed by atoms with E-state index in [1.54, 1.807) is 12.1 Å². The molecule has 0 unspecified atom stereocenters. The van der Waals surface area contributed by atoms with Crippen molar-refractivity contribution < 1.29 is 17.9 Å². The van der Waals surface area contributed by atoms with Crippen LogP contribution in [0.2, 0.25) is 0 Å². The van der Waals surface area contributed by atoms with Crippen molar-refractivity contribution in [3.63, 3.8) is 0 Å². The first kappa shape index (κ1) is 17.4. The van der Waals surface area contributed by atoms with Gasteiger partial charge >= 0.3 is 0 Å². The van der Waals surface area contributed by atoms with Crippen LogP contribution < -0.4 is 10.1 Å². The second kappa shape index (κ2) is 6.88. The van der Waals surface area contributed by atoms with Gasteiger partial charge < -0.3 is 10.1 Å². The summed E-state index contributed by atoms with van der Waals surface area (Å²) in [7, 11) is 2.06. The molecule has 0 aliphatic carbocycles. The van der Waals surface area contributed by atoms with Crippen LogP contribution in [-0.2, 0) is 15.0 Å². The number of amides is 1. The summed E-state index contributed by atoms with van der Waals surface area (Å²) in [5, 5.41) is 2.66. The van der Waals surface area contributed by atoms with Gasteiger partial charge in [-0.1, -0.05) is 6.07 Å². The molecule has 1 rings (SSSR count). The molecule has 1 N–H and O–H groups in total. The van der Waals surface area contributed by atoms with E-state index in [1.807, 2.05) is 13.0 Å². The van der Waals surface area contributed by atoms with Crippen LogP contribution in [0.4, 0.5) is 5.69 Å². The van der Waals surface area contributed by atoms with Crippen LogP contribution in [0.5, 0.6) is 5.75 Å². The number of carbonyl (C=O) groups excluding carboxylic acids is 1. The lowest BCUT2D eigenvalue weighted by atomic mass is 10.2. The molecular formula is C13H21N3O4S. The molecular weight excluding hydrogens is 294 g/mol. The molecule has 118 valence electrons. The number of aryl methyl sites for hydroxylation is 1. The van der Waals surface area contributed by atoms with Gasteiger partial charge in [-0.2, -0.15) is 17.0 Å². The SMILES string of the molecule is COc1ccc(C)cc1NC(=O)CN(C)S(=O)(=O)N(C)C. The third kappa shape index (κ3) is 4.42. The van der Waals surface area contributed by atoms with Crippen LogP contribution in [0.3, 0.4) is 0 Å². The Morgan fingerprint density at radius 3 is 2.43 bits per heavy atom. The van der Waals surface area contributed by atoms with Crippen LogP contribution in [-0.4, -0.2) is 57.7 Å². The third-order valence-corrected chi connectivity index (χ3v) is 4.69. The zero-order valence-electron chi connectivity index (χ0n) is 12.9. The number of nitrogens with one attached hydrogen (secondary N) is 1. The maximum atomic E-state index is 12.0. The van der Waals surface area contributed by atoms with E-state index in [2.05, 4.69) is 5.32 Å². The van der Waals surface area contributed by atoms with Crippen molar-refractivity contribution in [2.45, 2.75) is 6.92 Å². The average Bonchev–Trinajstić information content (AvgIpc) is 2.38. The summed E-state index contributed by atoms with van der Waals surface area (Å²) in [4.78, 5) is 12.0.